The highest BCUT2D eigenvalue weighted by atomic mass is 35.5. The highest BCUT2D eigenvalue weighted by Gasteiger charge is 2.33. The lowest BCUT2D eigenvalue weighted by atomic mass is 10.3. The van der Waals surface area contributed by atoms with Crippen LogP contribution in [-0.4, -0.2) is 9.61 Å². The SMILES string of the molecule is Cl.Nc1cnn2c(C(F)(F)F)cccc12. The van der Waals surface area contributed by atoms with Gasteiger partial charge in [0.15, 0.2) is 0 Å². The van der Waals surface area contributed by atoms with E-state index >= 15 is 0 Å². The maximum Gasteiger partial charge on any atom is 0.433 e. The molecule has 2 aromatic rings. The monoisotopic (exact) mass is 237 g/mol. The molecule has 0 saturated carbocycles. The molecule has 82 valence electrons. The van der Waals surface area contributed by atoms with Gasteiger partial charge in [0.1, 0.15) is 5.69 Å². The first-order valence-corrected chi connectivity index (χ1v) is 3.79. The van der Waals surface area contributed by atoms with Crippen molar-refractivity contribution in [3.63, 3.8) is 0 Å². The maximum atomic E-state index is 12.4. The Labute approximate surface area is 89.1 Å². The lowest BCUT2D eigenvalue weighted by molar-refractivity contribution is -0.142. The fraction of sp³-hybridized carbons (Fsp3) is 0.125. The summed E-state index contributed by atoms with van der Waals surface area (Å²) in [5, 5.41) is 3.56. The summed E-state index contributed by atoms with van der Waals surface area (Å²) in [5.74, 6) is 0. The molecule has 0 aliphatic rings. The second-order valence-electron chi connectivity index (χ2n) is 2.81. The Hall–Kier alpha value is -1.43. The Morgan fingerprint density at radius 3 is 2.53 bits per heavy atom. The number of nitrogens with zero attached hydrogens (tertiary/aromatic N) is 2. The predicted octanol–water partition coefficient (Wildman–Crippen LogP) is 2.36. The summed E-state index contributed by atoms with van der Waals surface area (Å²) in [6.45, 7) is 0. The van der Waals surface area contributed by atoms with E-state index < -0.39 is 11.9 Å². The molecule has 0 aromatic carbocycles. The molecular formula is C8H7ClF3N3. The molecule has 0 aliphatic heterocycles. The molecule has 0 atom stereocenters. The number of pyridine rings is 1. The van der Waals surface area contributed by atoms with E-state index in [9.17, 15) is 13.2 Å². The molecule has 0 amide bonds. The second kappa shape index (κ2) is 3.62. The molecule has 7 heteroatoms. The Bertz CT molecular complexity index is 477. The maximum absolute atomic E-state index is 12.4. The average molecular weight is 238 g/mol. The fourth-order valence-corrected chi connectivity index (χ4v) is 1.24. The summed E-state index contributed by atoms with van der Waals surface area (Å²) in [6.07, 6.45) is -3.22. The van der Waals surface area contributed by atoms with E-state index in [0.29, 0.717) is 0 Å². The van der Waals surface area contributed by atoms with E-state index in [2.05, 4.69) is 5.10 Å². The first kappa shape index (κ1) is 11.6. The highest BCUT2D eigenvalue weighted by Crippen LogP contribution is 2.30. The molecule has 2 heterocycles. The van der Waals surface area contributed by atoms with Gasteiger partial charge < -0.3 is 5.73 Å². The van der Waals surface area contributed by atoms with E-state index in [0.717, 1.165) is 10.6 Å². The molecule has 2 aromatic heterocycles. The van der Waals surface area contributed by atoms with Crippen molar-refractivity contribution >= 4 is 23.6 Å². The lowest BCUT2D eigenvalue weighted by Gasteiger charge is -2.07. The first-order chi connectivity index (χ1) is 6.50. The van der Waals surface area contributed by atoms with Crippen molar-refractivity contribution in [2.24, 2.45) is 0 Å². The number of nitrogens with two attached hydrogens (primary N) is 1. The van der Waals surface area contributed by atoms with Gasteiger partial charge in [-0.05, 0) is 12.1 Å². The van der Waals surface area contributed by atoms with E-state index in [1.807, 2.05) is 0 Å². The Morgan fingerprint density at radius 2 is 1.93 bits per heavy atom. The van der Waals surface area contributed by atoms with E-state index in [1.165, 1.54) is 18.3 Å². The van der Waals surface area contributed by atoms with Crippen LogP contribution in [0.4, 0.5) is 18.9 Å². The van der Waals surface area contributed by atoms with Gasteiger partial charge in [0.2, 0.25) is 0 Å². The van der Waals surface area contributed by atoms with Crippen molar-refractivity contribution in [3.05, 3.63) is 30.1 Å². The Balaban J connectivity index is 0.00000112. The zero-order valence-corrected chi connectivity index (χ0v) is 8.14. The van der Waals surface area contributed by atoms with Crippen LogP contribution in [0.15, 0.2) is 24.4 Å². The zero-order chi connectivity index (χ0) is 10.3. The van der Waals surface area contributed by atoms with Crippen LogP contribution in [0.3, 0.4) is 0 Å². The van der Waals surface area contributed by atoms with Crippen molar-refractivity contribution in [2.45, 2.75) is 6.18 Å². The number of anilines is 1. The van der Waals surface area contributed by atoms with Gasteiger partial charge in [-0.3, -0.25) is 0 Å². The molecule has 0 unspecified atom stereocenters. The van der Waals surface area contributed by atoms with Crippen LogP contribution >= 0.6 is 12.4 Å². The normalized spacial score (nSPS) is 11.4. The van der Waals surface area contributed by atoms with Crippen molar-refractivity contribution in [2.75, 3.05) is 5.73 Å². The van der Waals surface area contributed by atoms with Crippen LogP contribution in [0.25, 0.3) is 5.52 Å². The Kier molecular flexibility index (Phi) is 2.81. The van der Waals surface area contributed by atoms with E-state index in [1.54, 1.807) is 0 Å². The summed E-state index contributed by atoms with van der Waals surface area (Å²) in [6, 6.07) is 3.74. The van der Waals surface area contributed by atoms with Crippen molar-refractivity contribution in [3.8, 4) is 0 Å². The van der Waals surface area contributed by atoms with Crippen LogP contribution in [0.2, 0.25) is 0 Å². The third-order valence-electron chi connectivity index (χ3n) is 1.86. The summed E-state index contributed by atoms with van der Waals surface area (Å²) < 4.78 is 38.1. The summed E-state index contributed by atoms with van der Waals surface area (Å²) >= 11 is 0. The first-order valence-electron chi connectivity index (χ1n) is 3.79. The van der Waals surface area contributed by atoms with Gasteiger partial charge in [-0.2, -0.15) is 18.3 Å². The highest BCUT2D eigenvalue weighted by molar-refractivity contribution is 5.85. The molecule has 0 spiro atoms. The van der Waals surface area contributed by atoms with Crippen molar-refractivity contribution in [1.82, 2.24) is 9.61 Å². The van der Waals surface area contributed by atoms with Crippen molar-refractivity contribution < 1.29 is 13.2 Å². The lowest BCUT2D eigenvalue weighted by Crippen LogP contribution is -2.11. The number of aromatic nitrogens is 2. The average Bonchev–Trinajstić information content (AvgIpc) is 2.46. The van der Waals surface area contributed by atoms with E-state index in [4.69, 9.17) is 5.73 Å². The number of alkyl halides is 3. The van der Waals surface area contributed by atoms with Gasteiger partial charge >= 0.3 is 6.18 Å². The molecule has 0 bridgehead atoms. The number of fused-ring (bicyclic) bond motifs is 1. The van der Waals surface area contributed by atoms with Gasteiger partial charge in [0, 0.05) is 0 Å². The third kappa shape index (κ3) is 1.85. The zero-order valence-electron chi connectivity index (χ0n) is 7.32. The van der Waals surface area contributed by atoms with Gasteiger partial charge in [-0.15, -0.1) is 12.4 Å². The second-order valence-corrected chi connectivity index (χ2v) is 2.81. The van der Waals surface area contributed by atoms with Crippen molar-refractivity contribution in [1.29, 1.82) is 0 Å². The molecule has 0 saturated heterocycles. The number of hydrogen-bond acceptors (Lipinski definition) is 2. The summed E-state index contributed by atoms with van der Waals surface area (Å²) in [7, 11) is 0. The van der Waals surface area contributed by atoms with Crippen LogP contribution in [0.5, 0.6) is 0 Å². The van der Waals surface area contributed by atoms with Crippen LogP contribution in [-0.2, 0) is 6.18 Å². The van der Waals surface area contributed by atoms with Gasteiger partial charge in [-0.1, -0.05) is 6.07 Å². The fourth-order valence-electron chi connectivity index (χ4n) is 1.24. The van der Waals surface area contributed by atoms with Crippen LogP contribution in [0.1, 0.15) is 5.69 Å². The summed E-state index contributed by atoms with van der Waals surface area (Å²) in [4.78, 5) is 0. The van der Waals surface area contributed by atoms with Crippen LogP contribution < -0.4 is 5.73 Å². The standard InChI is InChI=1S/C8H6F3N3.ClH/c9-8(10,11)7-3-1-2-6-5(12)4-13-14(6)7;/h1-4H,12H2;1H. The predicted molar refractivity (Wildman–Crippen MR) is 51.9 cm³/mol. The minimum absolute atomic E-state index is 0. The molecule has 3 nitrogen and oxygen atoms in total. The molecule has 0 fully saturated rings. The quantitative estimate of drug-likeness (QED) is 0.764. The minimum atomic E-state index is -4.42. The summed E-state index contributed by atoms with van der Waals surface area (Å²) in [5.41, 5.74) is 5.11. The number of halogens is 4. The van der Waals surface area contributed by atoms with Gasteiger partial charge in [0.25, 0.3) is 0 Å². The number of nitrogen functional groups attached to an aromatic ring is 1. The van der Waals surface area contributed by atoms with Gasteiger partial charge in [-0.25, -0.2) is 4.52 Å². The van der Waals surface area contributed by atoms with Gasteiger partial charge in [0.05, 0.1) is 17.4 Å². The van der Waals surface area contributed by atoms with E-state index in [-0.39, 0.29) is 23.6 Å². The number of rotatable bonds is 0. The molecule has 2 N–H and O–H groups in total. The van der Waals surface area contributed by atoms with Crippen LogP contribution in [0, 0.1) is 0 Å². The minimum Gasteiger partial charge on any atom is -0.396 e. The largest absolute Gasteiger partial charge is 0.433 e. The third-order valence-corrected chi connectivity index (χ3v) is 1.86. The number of hydrogen-bond donors (Lipinski definition) is 1. The topological polar surface area (TPSA) is 43.3 Å². The smallest absolute Gasteiger partial charge is 0.396 e. The Morgan fingerprint density at radius 1 is 1.27 bits per heavy atom. The molecule has 2 rings (SSSR count). The molecular weight excluding hydrogens is 231 g/mol. The molecule has 15 heavy (non-hydrogen) atoms. The molecule has 0 aliphatic carbocycles. The molecule has 0 radical (unpaired) electrons.